The number of hydrazine groups is 1. The molecule has 3 rings (SSSR count). The topological polar surface area (TPSA) is 70.1 Å². The van der Waals surface area contributed by atoms with E-state index in [0.29, 0.717) is 34.7 Å². The number of fused-ring (bicyclic) bond motifs is 1. The highest BCUT2D eigenvalue weighted by atomic mass is 32.2. The van der Waals surface area contributed by atoms with Crippen LogP contribution in [0.2, 0.25) is 0 Å². The van der Waals surface area contributed by atoms with Gasteiger partial charge in [-0.25, -0.2) is 10.0 Å². The molecule has 2 aliphatic rings. The lowest BCUT2D eigenvalue weighted by molar-refractivity contribution is -0.147. The third-order valence-electron chi connectivity index (χ3n) is 7.23. The molecule has 1 fully saturated rings. The van der Waals surface area contributed by atoms with E-state index in [-0.39, 0.29) is 28.6 Å². The lowest BCUT2D eigenvalue weighted by Gasteiger charge is -2.27. The number of unbranched alkanes of at least 4 members (excludes halogenated alkanes) is 3. The van der Waals surface area contributed by atoms with Crippen molar-refractivity contribution in [1.29, 1.82) is 0 Å². The zero-order valence-electron chi connectivity index (χ0n) is 24.3. The highest BCUT2D eigenvalue weighted by Gasteiger charge is 2.45. The summed E-state index contributed by atoms with van der Waals surface area (Å²) in [6.45, 7) is 16.5. The maximum atomic E-state index is 13.6. The van der Waals surface area contributed by atoms with Crippen molar-refractivity contribution < 1.29 is 19.4 Å². The Hall–Kier alpha value is -1.80. The van der Waals surface area contributed by atoms with Crippen LogP contribution in [-0.2, 0) is 15.0 Å². The fourth-order valence-corrected chi connectivity index (χ4v) is 7.34. The van der Waals surface area contributed by atoms with E-state index in [9.17, 15) is 14.7 Å². The molecule has 1 aromatic rings. The van der Waals surface area contributed by atoms with Crippen LogP contribution < -0.4 is 4.74 Å². The Morgan fingerprint density at radius 3 is 1.95 bits per heavy atom. The normalized spacial score (nSPS) is 16.6. The first-order valence-corrected chi connectivity index (χ1v) is 16.0. The quantitative estimate of drug-likeness (QED) is 0.195. The van der Waals surface area contributed by atoms with Gasteiger partial charge in [-0.05, 0) is 36.7 Å². The number of benzene rings is 1. The van der Waals surface area contributed by atoms with Gasteiger partial charge in [-0.1, -0.05) is 104 Å². The predicted molar refractivity (Wildman–Crippen MR) is 158 cm³/mol. The van der Waals surface area contributed by atoms with E-state index in [1.807, 2.05) is 6.07 Å². The van der Waals surface area contributed by atoms with Gasteiger partial charge in [0.1, 0.15) is 17.1 Å². The maximum absolute atomic E-state index is 13.6. The van der Waals surface area contributed by atoms with Gasteiger partial charge in [0.25, 0.3) is 11.8 Å². The Labute approximate surface area is 237 Å². The molecular formula is C30H46N2O4S2. The lowest BCUT2D eigenvalue weighted by atomic mass is 9.86. The van der Waals surface area contributed by atoms with Gasteiger partial charge in [-0.2, -0.15) is 0 Å². The van der Waals surface area contributed by atoms with E-state index in [1.165, 1.54) is 29.9 Å². The number of nitrogens with zero attached hydrogens (tertiary/aromatic N) is 2. The van der Waals surface area contributed by atoms with Crippen LogP contribution in [-0.4, -0.2) is 46.6 Å². The number of aromatic hydroxyl groups is 1. The first kappa shape index (κ1) is 30.7. The Morgan fingerprint density at radius 1 is 0.895 bits per heavy atom. The van der Waals surface area contributed by atoms with Crippen LogP contribution in [0.4, 0.5) is 0 Å². The molecule has 212 valence electrons. The van der Waals surface area contributed by atoms with Gasteiger partial charge in [0, 0.05) is 18.7 Å². The van der Waals surface area contributed by atoms with Crippen molar-refractivity contribution in [1.82, 2.24) is 10.0 Å². The average Bonchev–Trinajstić information content (AvgIpc) is 3.41. The molecule has 0 spiro atoms. The lowest BCUT2D eigenvalue weighted by Crippen LogP contribution is -2.42. The van der Waals surface area contributed by atoms with E-state index in [0.717, 1.165) is 61.2 Å². The summed E-state index contributed by atoms with van der Waals surface area (Å²) >= 11 is 2.73. The Morgan fingerprint density at radius 2 is 1.45 bits per heavy atom. The third-order valence-corrected chi connectivity index (χ3v) is 9.85. The highest BCUT2D eigenvalue weighted by Crippen LogP contribution is 2.61. The smallest absolute Gasteiger partial charge is 0.279 e. The molecule has 8 heteroatoms. The van der Waals surface area contributed by atoms with Gasteiger partial charge in [-0.15, -0.1) is 0 Å². The third kappa shape index (κ3) is 6.67. The van der Waals surface area contributed by atoms with Crippen molar-refractivity contribution in [3.05, 3.63) is 21.4 Å². The average molecular weight is 563 g/mol. The molecule has 0 radical (unpaired) electrons. The number of phenolic OH excluding ortho intramolecular Hbond substituents is 1. The fraction of sp³-hybridized carbons (Fsp3) is 0.667. The molecule has 6 nitrogen and oxygen atoms in total. The van der Waals surface area contributed by atoms with Crippen LogP contribution in [0.5, 0.6) is 11.5 Å². The number of hydrogen-bond acceptors (Lipinski definition) is 6. The summed E-state index contributed by atoms with van der Waals surface area (Å²) in [4.78, 5) is 28.6. The first-order chi connectivity index (χ1) is 18.1. The van der Waals surface area contributed by atoms with Gasteiger partial charge in [0.05, 0.1) is 20.6 Å². The monoisotopic (exact) mass is 562 g/mol. The van der Waals surface area contributed by atoms with Crippen molar-refractivity contribution >= 4 is 35.3 Å². The molecule has 1 N–H and O–H groups in total. The van der Waals surface area contributed by atoms with E-state index in [2.05, 4.69) is 48.5 Å². The predicted octanol–water partition coefficient (Wildman–Crippen LogP) is 7.88. The zero-order valence-corrected chi connectivity index (χ0v) is 25.9. The van der Waals surface area contributed by atoms with Crippen LogP contribution in [0, 0.1) is 5.92 Å². The maximum Gasteiger partial charge on any atom is 0.279 e. The van der Waals surface area contributed by atoms with E-state index >= 15 is 0 Å². The van der Waals surface area contributed by atoms with Crippen LogP contribution >= 0.6 is 23.5 Å². The SMILES string of the molecule is CCCCC(CC)COc1cc(C(C)(C)C)c(O)c2c1SC(=C1C(=O)N(CCCC)N(CCCC)C1=O)S2. The molecular weight excluding hydrogens is 516 g/mol. The summed E-state index contributed by atoms with van der Waals surface area (Å²) in [5, 5.41) is 14.6. The van der Waals surface area contributed by atoms with Crippen LogP contribution in [0.1, 0.15) is 105 Å². The number of amides is 2. The first-order valence-electron chi connectivity index (χ1n) is 14.4. The molecule has 2 heterocycles. The molecule has 0 aromatic heterocycles. The molecule has 0 aliphatic carbocycles. The van der Waals surface area contributed by atoms with Crippen molar-refractivity contribution in [3.8, 4) is 11.5 Å². The molecule has 2 amide bonds. The fourth-order valence-electron chi connectivity index (χ4n) is 4.69. The van der Waals surface area contributed by atoms with Gasteiger partial charge in [-0.3, -0.25) is 9.59 Å². The Balaban J connectivity index is 2.01. The zero-order chi connectivity index (χ0) is 28.0. The summed E-state index contributed by atoms with van der Waals surface area (Å²) in [6.07, 6.45) is 8.09. The minimum atomic E-state index is -0.294. The van der Waals surface area contributed by atoms with Crippen molar-refractivity contribution in [2.45, 2.75) is 115 Å². The largest absolute Gasteiger partial charge is 0.506 e. The minimum Gasteiger partial charge on any atom is -0.506 e. The van der Waals surface area contributed by atoms with E-state index < -0.39 is 0 Å². The Kier molecular flexibility index (Phi) is 10.9. The number of phenols is 1. The molecule has 1 unspecified atom stereocenters. The molecule has 1 saturated heterocycles. The van der Waals surface area contributed by atoms with Crippen LogP contribution in [0.25, 0.3) is 0 Å². The Bertz CT molecular complexity index is 1020. The van der Waals surface area contributed by atoms with Gasteiger partial charge in [0.2, 0.25) is 0 Å². The number of carbonyl (C=O) groups is 2. The molecule has 0 saturated carbocycles. The van der Waals surface area contributed by atoms with Gasteiger partial charge < -0.3 is 9.84 Å². The summed E-state index contributed by atoms with van der Waals surface area (Å²) in [6, 6.07) is 1.96. The van der Waals surface area contributed by atoms with Crippen molar-refractivity contribution in [2.24, 2.45) is 5.92 Å². The molecule has 1 aromatic carbocycles. The highest BCUT2D eigenvalue weighted by molar-refractivity contribution is 8.25. The summed E-state index contributed by atoms with van der Waals surface area (Å²) in [5.74, 6) is 0.951. The molecule has 1 atom stereocenters. The van der Waals surface area contributed by atoms with E-state index in [1.54, 1.807) is 10.0 Å². The van der Waals surface area contributed by atoms with Crippen molar-refractivity contribution in [3.63, 3.8) is 0 Å². The number of ether oxygens (including phenoxy) is 1. The molecule has 38 heavy (non-hydrogen) atoms. The van der Waals surface area contributed by atoms with E-state index in [4.69, 9.17) is 4.74 Å². The molecule has 2 aliphatic heterocycles. The van der Waals surface area contributed by atoms with Crippen LogP contribution in [0.3, 0.4) is 0 Å². The second-order valence-corrected chi connectivity index (χ2v) is 13.6. The number of carbonyl (C=O) groups excluding carboxylic acids is 2. The second kappa shape index (κ2) is 13.5. The summed E-state index contributed by atoms with van der Waals surface area (Å²) in [5.41, 5.74) is 0.739. The number of rotatable bonds is 13. The number of thioether (sulfide) groups is 2. The van der Waals surface area contributed by atoms with Gasteiger partial charge in [0.15, 0.2) is 0 Å². The van der Waals surface area contributed by atoms with Crippen molar-refractivity contribution in [2.75, 3.05) is 19.7 Å². The standard InChI is InChI=1S/C30H46N2O4S2/c1-8-12-15-20(11-4)19-36-22-18-21(30(5,6)7)24(33)26-25(22)37-29(38-26)23-27(34)31(16-13-9-2)32(28(23)35)17-14-10-3/h18,20,33H,8-17,19H2,1-7H3. The minimum absolute atomic E-state index is 0.217. The number of hydrogen-bond donors (Lipinski definition) is 1. The second-order valence-electron chi connectivity index (χ2n) is 11.3. The van der Waals surface area contributed by atoms with Gasteiger partial charge >= 0.3 is 0 Å². The molecule has 0 bridgehead atoms. The summed E-state index contributed by atoms with van der Waals surface area (Å²) < 4.78 is 7.08. The summed E-state index contributed by atoms with van der Waals surface area (Å²) in [7, 11) is 0. The van der Waals surface area contributed by atoms with Crippen LogP contribution in [0.15, 0.2) is 25.7 Å².